The molecule has 0 radical (unpaired) electrons. The molecular formula is C18H29N3O3. The summed E-state index contributed by atoms with van der Waals surface area (Å²) in [5.74, 6) is 0.897. The van der Waals surface area contributed by atoms with Crippen molar-refractivity contribution in [2.45, 2.75) is 64.3 Å². The summed E-state index contributed by atoms with van der Waals surface area (Å²) in [6.45, 7) is 5.56. The number of hydrogen-bond acceptors (Lipinski definition) is 3. The van der Waals surface area contributed by atoms with Crippen molar-refractivity contribution in [2.24, 2.45) is 11.8 Å². The second kappa shape index (κ2) is 6.73. The molecular weight excluding hydrogens is 306 g/mol. The van der Waals surface area contributed by atoms with Crippen molar-refractivity contribution in [3.63, 3.8) is 0 Å². The Morgan fingerprint density at radius 3 is 2.50 bits per heavy atom. The molecule has 24 heavy (non-hydrogen) atoms. The Hall–Kier alpha value is -1.59. The van der Waals surface area contributed by atoms with Crippen LogP contribution in [0.5, 0.6) is 0 Å². The number of imide groups is 1. The summed E-state index contributed by atoms with van der Waals surface area (Å²) < 4.78 is 0. The standard InChI is InChI=1S/C18H29N3O3/c1-3-10-20(11-14-4-5-14)15(22)12-21-16(23)18(19-17(21)24)8-6-13(2)7-9-18/h13-14H,3-12H2,1-2H3,(H,19,24). The molecule has 2 aliphatic carbocycles. The minimum Gasteiger partial charge on any atom is -0.341 e. The first kappa shape index (κ1) is 17.2. The van der Waals surface area contributed by atoms with Crippen LogP contribution in [0, 0.1) is 11.8 Å². The molecule has 0 unspecified atom stereocenters. The third-order valence-corrected chi connectivity index (χ3v) is 5.69. The van der Waals surface area contributed by atoms with E-state index in [9.17, 15) is 14.4 Å². The molecule has 0 aromatic heterocycles. The van der Waals surface area contributed by atoms with E-state index < -0.39 is 11.6 Å². The van der Waals surface area contributed by atoms with Crippen LogP contribution in [0.15, 0.2) is 0 Å². The molecule has 0 bridgehead atoms. The Labute approximate surface area is 143 Å². The molecule has 2 saturated carbocycles. The predicted octanol–water partition coefficient (Wildman–Crippen LogP) is 2.14. The van der Waals surface area contributed by atoms with E-state index in [-0.39, 0.29) is 18.4 Å². The summed E-state index contributed by atoms with van der Waals surface area (Å²) in [5, 5.41) is 2.89. The zero-order valence-electron chi connectivity index (χ0n) is 14.8. The lowest BCUT2D eigenvalue weighted by atomic mass is 9.77. The van der Waals surface area contributed by atoms with Gasteiger partial charge in [-0.15, -0.1) is 0 Å². The third kappa shape index (κ3) is 3.42. The number of carbonyl (C=O) groups excluding carboxylic acids is 3. The number of hydrogen-bond donors (Lipinski definition) is 1. The van der Waals surface area contributed by atoms with Crippen molar-refractivity contribution in [3.8, 4) is 0 Å². The molecule has 134 valence electrons. The average Bonchev–Trinajstić information content (AvgIpc) is 3.34. The maximum atomic E-state index is 12.8. The van der Waals surface area contributed by atoms with Crippen molar-refractivity contribution >= 4 is 17.8 Å². The van der Waals surface area contributed by atoms with Crippen LogP contribution in [0.25, 0.3) is 0 Å². The number of amides is 4. The highest BCUT2D eigenvalue weighted by atomic mass is 16.2. The fraction of sp³-hybridized carbons (Fsp3) is 0.833. The van der Waals surface area contributed by atoms with E-state index >= 15 is 0 Å². The molecule has 1 heterocycles. The maximum Gasteiger partial charge on any atom is 0.325 e. The molecule has 1 spiro atoms. The zero-order valence-corrected chi connectivity index (χ0v) is 14.8. The van der Waals surface area contributed by atoms with Crippen molar-refractivity contribution in [2.75, 3.05) is 19.6 Å². The van der Waals surface area contributed by atoms with E-state index in [4.69, 9.17) is 0 Å². The van der Waals surface area contributed by atoms with E-state index in [1.54, 1.807) is 0 Å². The minimum absolute atomic E-state index is 0.103. The first-order valence-corrected chi connectivity index (χ1v) is 9.37. The molecule has 6 heteroatoms. The highest BCUT2D eigenvalue weighted by Crippen LogP contribution is 2.36. The van der Waals surface area contributed by atoms with Crippen molar-refractivity contribution in [1.29, 1.82) is 0 Å². The van der Waals surface area contributed by atoms with Gasteiger partial charge in [-0.3, -0.25) is 14.5 Å². The normalized spacial score (nSPS) is 29.9. The number of rotatable bonds is 6. The molecule has 6 nitrogen and oxygen atoms in total. The second-order valence-corrected chi connectivity index (χ2v) is 7.87. The highest BCUT2D eigenvalue weighted by molar-refractivity contribution is 6.09. The Kier molecular flexibility index (Phi) is 4.83. The lowest BCUT2D eigenvalue weighted by Gasteiger charge is -2.33. The Bertz CT molecular complexity index is 522. The van der Waals surface area contributed by atoms with Gasteiger partial charge in [0, 0.05) is 13.1 Å². The van der Waals surface area contributed by atoms with Gasteiger partial charge in [-0.2, -0.15) is 0 Å². The molecule has 1 aliphatic heterocycles. The molecule has 3 rings (SSSR count). The Morgan fingerprint density at radius 2 is 1.92 bits per heavy atom. The number of carbonyl (C=O) groups is 3. The summed E-state index contributed by atoms with van der Waals surface area (Å²) in [7, 11) is 0. The van der Waals surface area contributed by atoms with Crippen molar-refractivity contribution < 1.29 is 14.4 Å². The van der Waals surface area contributed by atoms with Gasteiger partial charge < -0.3 is 10.2 Å². The van der Waals surface area contributed by atoms with E-state index in [1.807, 2.05) is 11.8 Å². The van der Waals surface area contributed by atoms with Crippen LogP contribution < -0.4 is 5.32 Å². The monoisotopic (exact) mass is 335 g/mol. The summed E-state index contributed by atoms with van der Waals surface area (Å²) in [5.41, 5.74) is -0.754. The summed E-state index contributed by atoms with van der Waals surface area (Å²) in [6, 6.07) is -0.397. The quantitative estimate of drug-likeness (QED) is 0.756. The lowest BCUT2D eigenvalue weighted by Crippen LogP contribution is -2.50. The van der Waals surface area contributed by atoms with Crippen LogP contribution in [-0.2, 0) is 9.59 Å². The summed E-state index contributed by atoms with van der Waals surface area (Å²) in [6.07, 6.45) is 6.50. The molecule has 0 aromatic rings. The SMILES string of the molecule is CCCN(CC1CC1)C(=O)CN1C(=O)NC2(CCC(C)CC2)C1=O. The van der Waals surface area contributed by atoms with Crippen LogP contribution in [0.2, 0.25) is 0 Å². The number of nitrogens with zero attached hydrogens (tertiary/aromatic N) is 2. The van der Waals surface area contributed by atoms with Crippen LogP contribution in [-0.4, -0.2) is 52.8 Å². The first-order chi connectivity index (χ1) is 11.4. The van der Waals surface area contributed by atoms with Gasteiger partial charge >= 0.3 is 6.03 Å². The molecule has 1 saturated heterocycles. The fourth-order valence-electron chi connectivity index (χ4n) is 3.85. The van der Waals surface area contributed by atoms with Crippen molar-refractivity contribution in [3.05, 3.63) is 0 Å². The highest BCUT2D eigenvalue weighted by Gasteiger charge is 2.52. The maximum absolute atomic E-state index is 12.8. The summed E-state index contributed by atoms with van der Waals surface area (Å²) in [4.78, 5) is 40.7. The molecule has 3 fully saturated rings. The third-order valence-electron chi connectivity index (χ3n) is 5.69. The molecule has 3 aliphatic rings. The average molecular weight is 335 g/mol. The van der Waals surface area contributed by atoms with E-state index in [2.05, 4.69) is 12.2 Å². The largest absolute Gasteiger partial charge is 0.341 e. The van der Waals surface area contributed by atoms with Gasteiger partial charge in [0.2, 0.25) is 5.91 Å². The minimum atomic E-state index is -0.754. The first-order valence-electron chi connectivity index (χ1n) is 9.37. The molecule has 0 aromatic carbocycles. The number of urea groups is 1. The van der Waals surface area contributed by atoms with E-state index in [0.29, 0.717) is 31.2 Å². The van der Waals surface area contributed by atoms with Crippen LogP contribution >= 0.6 is 0 Å². The smallest absolute Gasteiger partial charge is 0.325 e. The lowest BCUT2D eigenvalue weighted by molar-refractivity contribution is -0.139. The van der Waals surface area contributed by atoms with Gasteiger partial charge in [0.25, 0.3) is 5.91 Å². The topological polar surface area (TPSA) is 69.7 Å². The Morgan fingerprint density at radius 1 is 1.25 bits per heavy atom. The van der Waals surface area contributed by atoms with Crippen molar-refractivity contribution in [1.82, 2.24) is 15.1 Å². The Balaban J connectivity index is 1.64. The zero-order chi connectivity index (χ0) is 17.3. The van der Waals surface area contributed by atoms with Gasteiger partial charge in [-0.1, -0.05) is 13.8 Å². The second-order valence-electron chi connectivity index (χ2n) is 7.87. The molecule has 4 amide bonds. The van der Waals surface area contributed by atoms with E-state index in [0.717, 1.165) is 30.7 Å². The number of nitrogens with one attached hydrogen (secondary N) is 1. The summed E-state index contributed by atoms with van der Waals surface area (Å²) >= 11 is 0. The van der Waals surface area contributed by atoms with Crippen LogP contribution in [0.1, 0.15) is 58.8 Å². The van der Waals surface area contributed by atoms with Gasteiger partial charge in [0.15, 0.2) is 0 Å². The molecule has 1 N–H and O–H groups in total. The molecule has 0 atom stereocenters. The van der Waals surface area contributed by atoms with Crippen LogP contribution in [0.3, 0.4) is 0 Å². The van der Waals surface area contributed by atoms with Crippen LogP contribution in [0.4, 0.5) is 4.79 Å². The predicted molar refractivity (Wildman–Crippen MR) is 90.2 cm³/mol. The van der Waals surface area contributed by atoms with Gasteiger partial charge in [0.05, 0.1) is 0 Å². The fourth-order valence-corrected chi connectivity index (χ4v) is 3.85. The van der Waals surface area contributed by atoms with Gasteiger partial charge in [-0.25, -0.2) is 4.79 Å². The van der Waals surface area contributed by atoms with Gasteiger partial charge in [-0.05, 0) is 56.8 Å². The van der Waals surface area contributed by atoms with Gasteiger partial charge in [0.1, 0.15) is 12.1 Å². The van der Waals surface area contributed by atoms with E-state index in [1.165, 1.54) is 12.8 Å².